The van der Waals surface area contributed by atoms with Crippen LogP contribution in [-0.2, 0) is 6.54 Å². The second-order valence-corrected chi connectivity index (χ2v) is 7.85. The Morgan fingerprint density at radius 2 is 1.63 bits per heavy atom. The second-order valence-electron chi connectivity index (χ2n) is 7.85. The van der Waals surface area contributed by atoms with Gasteiger partial charge < -0.3 is 20.7 Å². The third kappa shape index (κ3) is 3.89. The van der Waals surface area contributed by atoms with Crippen LogP contribution in [0.1, 0.15) is 18.4 Å². The van der Waals surface area contributed by atoms with Crippen molar-refractivity contribution in [1.29, 1.82) is 0 Å². The highest BCUT2D eigenvalue weighted by molar-refractivity contribution is 6.00. The summed E-state index contributed by atoms with van der Waals surface area (Å²) in [5.41, 5.74) is 3.13. The Labute approximate surface area is 177 Å². The molecule has 2 heterocycles. The van der Waals surface area contributed by atoms with Crippen LogP contribution in [0, 0.1) is 0 Å². The predicted octanol–water partition coefficient (Wildman–Crippen LogP) is 4.85. The van der Waals surface area contributed by atoms with E-state index in [9.17, 15) is 0 Å². The van der Waals surface area contributed by atoms with Crippen LogP contribution in [0.2, 0.25) is 0 Å². The van der Waals surface area contributed by atoms with Crippen LogP contribution in [0.3, 0.4) is 0 Å². The zero-order chi connectivity index (χ0) is 20.2. The Hall–Kier alpha value is -3.31. The first-order chi connectivity index (χ1) is 14.8. The van der Waals surface area contributed by atoms with E-state index in [1.54, 1.807) is 0 Å². The van der Waals surface area contributed by atoms with E-state index in [0.717, 1.165) is 60.2 Å². The average Bonchev–Trinajstić information content (AvgIpc) is 2.79. The van der Waals surface area contributed by atoms with Crippen molar-refractivity contribution in [1.82, 2.24) is 10.6 Å². The number of anilines is 1. The molecule has 2 aliphatic heterocycles. The molecule has 152 valence electrons. The Bertz CT molecular complexity index is 1040. The molecule has 5 rings (SSSR count). The largest absolute Gasteiger partial charge is 0.457 e. The molecule has 2 aliphatic rings. The van der Waals surface area contributed by atoms with Gasteiger partial charge in [0.15, 0.2) is 0 Å². The van der Waals surface area contributed by atoms with Gasteiger partial charge in [0.1, 0.15) is 17.3 Å². The number of aliphatic imine (C=N–C) groups is 1. The van der Waals surface area contributed by atoms with Gasteiger partial charge in [-0.05, 0) is 67.9 Å². The predicted molar refractivity (Wildman–Crippen MR) is 122 cm³/mol. The summed E-state index contributed by atoms with van der Waals surface area (Å²) in [6.45, 7) is 2.66. The van der Waals surface area contributed by atoms with Gasteiger partial charge in [0.2, 0.25) is 0 Å². The lowest BCUT2D eigenvalue weighted by atomic mass is 9.85. The summed E-state index contributed by atoms with van der Waals surface area (Å²) < 4.78 is 5.99. The number of piperidine rings is 1. The van der Waals surface area contributed by atoms with Crippen LogP contribution >= 0.6 is 0 Å². The van der Waals surface area contributed by atoms with Gasteiger partial charge in [0.05, 0.1) is 16.9 Å². The fraction of sp³-hybridized carbons (Fsp3) is 0.240. The number of benzene rings is 3. The molecule has 0 radical (unpaired) electrons. The maximum atomic E-state index is 5.99. The molecule has 0 amide bonds. The third-order valence-corrected chi connectivity index (χ3v) is 5.76. The molecule has 0 bridgehead atoms. The molecule has 30 heavy (non-hydrogen) atoms. The van der Waals surface area contributed by atoms with Gasteiger partial charge in [-0.25, -0.2) is 4.99 Å². The smallest absolute Gasteiger partial charge is 0.128 e. The standard InChI is InChI=1S/C25H26N4O/c1-2-8-20(9-3-1)30-21-10-6-7-19(17-21)18-27-24-25(13-15-26-16-14-25)29-23-12-5-4-11-22(23)28-24/h1-12,17,26,29H,13-16,18H2,(H,27,28). The van der Waals surface area contributed by atoms with Gasteiger partial charge >= 0.3 is 0 Å². The summed E-state index contributed by atoms with van der Waals surface area (Å²) in [6.07, 6.45) is 2.01. The van der Waals surface area contributed by atoms with E-state index in [1.165, 1.54) is 0 Å². The van der Waals surface area contributed by atoms with Crippen molar-refractivity contribution in [2.75, 3.05) is 18.4 Å². The van der Waals surface area contributed by atoms with Crippen molar-refractivity contribution in [3.8, 4) is 11.5 Å². The fourth-order valence-electron chi connectivity index (χ4n) is 4.17. The molecule has 5 heteroatoms. The number of hydrogen-bond acceptors (Lipinski definition) is 5. The van der Waals surface area contributed by atoms with Gasteiger partial charge in [-0.1, -0.05) is 42.5 Å². The Kier molecular flexibility index (Phi) is 5.11. The molecular weight excluding hydrogens is 372 g/mol. The average molecular weight is 399 g/mol. The number of nitrogens with one attached hydrogen (secondary N) is 3. The van der Waals surface area contributed by atoms with Gasteiger partial charge in [0.25, 0.3) is 0 Å². The Balaban J connectivity index is 1.35. The lowest BCUT2D eigenvalue weighted by molar-refractivity contribution is 0.412. The van der Waals surface area contributed by atoms with E-state index in [2.05, 4.69) is 46.3 Å². The lowest BCUT2D eigenvalue weighted by Crippen LogP contribution is -2.58. The summed E-state index contributed by atoms with van der Waals surface area (Å²) in [4.78, 5) is 5.01. The topological polar surface area (TPSA) is 57.7 Å². The minimum Gasteiger partial charge on any atom is -0.457 e. The maximum Gasteiger partial charge on any atom is 0.128 e. The van der Waals surface area contributed by atoms with Crippen molar-refractivity contribution < 1.29 is 4.74 Å². The molecule has 3 N–H and O–H groups in total. The van der Waals surface area contributed by atoms with Gasteiger partial charge in [-0.3, -0.25) is 0 Å². The Morgan fingerprint density at radius 1 is 0.867 bits per heavy atom. The number of hydrogen-bond donors (Lipinski definition) is 3. The van der Waals surface area contributed by atoms with E-state index in [1.807, 2.05) is 48.5 Å². The van der Waals surface area contributed by atoms with Crippen molar-refractivity contribution in [3.63, 3.8) is 0 Å². The van der Waals surface area contributed by atoms with E-state index in [0.29, 0.717) is 6.54 Å². The lowest BCUT2D eigenvalue weighted by Gasteiger charge is -2.43. The van der Waals surface area contributed by atoms with Crippen LogP contribution < -0.4 is 20.7 Å². The first-order valence-electron chi connectivity index (χ1n) is 10.5. The second kappa shape index (κ2) is 8.20. The molecule has 0 saturated carbocycles. The molecule has 0 atom stereocenters. The van der Waals surface area contributed by atoms with E-state index in [-0.39, 0.29) is 5.54 Å². The van der Waals surface area contributed by atoms with Crippen LogP contribution in [-0.4, -0.2) is 24.5 Å². The highest BCUT2D eigenvalue weighted by atomic mass is 16.5. The molecule has 0 aliphatic carbocycles. The van der Waals surface area contributed by atoms with Crippen LogP contribution in [0.4, 0.5) is 11.4 Å². The quantitative estimate of drug-likeness (QED) is 0.588. The zero-order valence-corrected chi connectivity index (χ0v) is 16.9. The van der Waals surface area contributed by atoms with E-state index >= 15 is 0 Å². The van der Waals surface area contributed by atoms with Crippen LogP contribution in [0.25, 0.3) is 0 Å². The SMILES string of the molecule is c1ccc(Oc2cccc(CNC3=Nc4ccccc4NC34CCNCC4)c2)cc1. The van der Waals surface area contributed by atoms with Crippen molar-refractivity contribution in [2.24, 2.45) is 4.99 Å². The molecule has 3 aromatic carbocycles. The molecular formula is C25H26N4O. The number of nitrogens with zero attached hydrogens (tertiary/aromatic N) is 1. The van der Waals surface area contributed by atoms with Gasteiger partial charge in [0, 0.05) is 6.54 Å². The number of amidine groups is 1. The highest BCUT2D eigenvalue weighted by Gasteiger charge is 2.40. The highest BCUT2D eigenvalue weighted by Crippen LogP contribution is 2.36. The van der Waals surface area contributed by atoms with Crippen molar-refractivity contribution in [3.05, 3.63) is 84.4 Å². The van der Waals surface area contributed by atoms with Crippen LogP contribution in [0.15, 0.2) is 83.9 Å². The molecule has 0 unspecified atom stereocenters. The van der Waals surface area contributed by atoms with Crippen molar-refractivity contribution in [2.45, 2.75) is 24.9 Å². The van der Waals surface area contributed by atoms with E-state index < -0.39 is 0 Å². The molecule has 1 fully saturated rings. The number of ether oxygens (including phenoxy) is 1. The Morgan fingerprint density at radius 3 is 2.50 bits per heavy atom. The molecule has 1 saturated heterocycles. The number of fused-ring (bicyclic) bond motifs is 1. The van der Waals surface area contributed by atoms with Crippen LogP contribution in [0.5, 0.6) is 11.5 Å². The third-order valence-electron chi connectivity index (χ3n) is 5.76. The summed E-state index contributed by atoms with van der Waals surface area (Å²) >= 11 is 0. The minimum absolute atomic E-state index is 0.141. The monoisotopic (exact) mass is 398 g/mol. The number of para-hydroxylation sites is 3. The normalized spacial score (nSPS) is 16.9. The molecule has 3 aromatic rings. The zero-order valence-electron chi connectivity index (χ0n) is 16.9. The minimum atomic E-state index is -0.141. The van der Waals surface area contributed by atoms with Gasteiger partial charge in [-0.2, -0.15) is 0 Å². The summed E-state index contributed by atoms with van der Waals surface area (Å²) in [5.74, 6) is 2.71. The summed E-state index contributed by atoms with van der Waals surface area (Å²) in [7, 11) is 0. The number of rotatable bonds is 4. The van der Waals surface area contributed by atoms with Crippen molar-refractivity contribution >= 4 is 17.2 Å². The fourth-order valence-corrected chi connectivity index (χ4v) is 4.17. The molecule has 0 aromatic heterocycles. The molecule has 1 spiro atoms. The van der Waals surface area contributed by atoms with Gasteiger partial charge in [-0.15, -0.1) is 0 Å². The summed E-state index contributed by atoms with van der Waals surface area (Å²) in [6, 6.07) is 26.4. The first-order valence-corrected chi connectivity index (χ1v) is 10.5. The first kappa shape index (κ1) is 18.7. The summed E-state index contributed by atoms with van der Waals surface area (Å²) in [5, 5.41) is 10.9. The van der Waals surface area contributed by atoms with E-state index in [4.69, 9.17) is 9.73 Å². The molecule has 5 nitrogen and oxygen atoms in total. The maximum absolute atomic E-state index is 5.99.